The minimum absolute atomic E-state index is 0.00628. The van der Waals surface area contributed by atoms with E-state index in [2.05, 4.69) is 5.32 Å². The average molecular weight is 267 g/mol. The summed E-state index contributed by atoms with van der Waals surface area (Å²) in [5.41, 5.74) is -0.0293. The van der Waals surface area contributed by atoms with Crippen LogP contribution in [0.3, 0.4) is 0 Å². The third-order valence-corrected chi connectivity index (χ3v) is 2.38. The predicted octanol–water partition coefficient (Wildman–Crippen LogP) is 3.22. The summed E-state index contributed by atoms with van der Waals surface area (Å²) in [6, 6.07) is 3.79. The van der Waals surface area contributed by atoms with Crippen LogP contribution in [0.5, 0.6) is 0 Å². The van der Waals surface area contributed by atoms with Crippen molar-refractivity contribution >= 4 is 12.4 Å². The molecule has 5 heteroatoms. The molecule has 0 aliphatic rings. The number of nitrogens with one attached hydrogen (secondary N) is 1. The Morgan fingerprint density at radius 2 is 2.05 bits per heavy atom. The van der Waals surface area contributed by atoms with Gasteiger partial charge in [-0.1, -0.05) is 6.07 Å². The van der Waals surface area contributed by atoms with E-state index in [-0.39, 0.29) is 5.56 Å². The van der Waals surface area contributed by atoms with Gasteiger partial charge in [-0.3, -0.25) is 4.79 Å². The van der Waals surface area contributed by atoms with E-state index in [1.54, 1.807) is 33.8 Å². The van der Waals surface area contributed by atoms with Gasteiger partial charge < -0.3 is 10.1 Å². The quantitative estimate of drug-likeness (QED) is 0.855. The monoisotopic (exact) mass is 267 g/mol. The molecule has 0 fully saturated rings. The third kappa shape index (κ3) is 4.69. The van der Waals surface area contributed by atoms with Gasteiger partial charge in [0.1, 0.15) is 11.4 Å². The lowest BCUT2D eigenvalue weighted by atomic mass is 10.1. The maximum atomic E-state index is 13.4. The lowest BCUT2D eigenvalue weighted by Crippen LogP contribution is -2.34. The van der Waals surface area contributed by atoms with Crippen LogP contribution in [0.15, 0.2) is 18.2 Å². The van der Waals surface area contributed by atoms with Gasteiger partial charge in [-0.15, -0.1) is 0 Å². The highest BCUT2D eigenvalue weighted by Gasteiger charge is 2.18. The smallest absolute Gasteiger partial charge is 0.408 e. The summed E-state index contributed by atoms with van der Waals surface area (Å²) >= 11 is 0. The first-order valence-corrected chi connectivity index (χ1v) is 5.97. The zero-order chi connectivity index (χ0) is 14.6. The second-order valence-corrected chi connectivity index (χ2v) is 5.27. The standard InChI is InChI=1S/C14H18FNO3/c1-9(16-13(18)19-14(2,3)4)10-5-6-11(8-17)12(15)7-10/h5-9H,1-4H3,(H,16,18). The molecule has 0 aromatic heterocycles. The first-order chi connectivity index (χ1) is 8.73. The summed E-state index contributed by atoms with van der Waals surface area (Å²) in [5.74, 6) is -0.606. The Morgan fingerprint density at radius 3 is 2.53 bits per heavy atom. The van der Waals surface area contributed by atoms with Crippen molar-refractivity contribution in [2.45, 2.75) is 39.3 Å². The molecular weight excluding hydrogens is 249 g/mol. The largest absolute Gasteiger partial charge is 0.444 e. The molecule has 1 aromatic rings. The molecule has 104 valence electrons. The van der Waals surface area contributed by atoms with E-state index in [9.17, 15) is 14.0 Å². The van der Waals surface area contributed by atoms with Crippen LogP contribution >= 0.6 is 0 Å². The number of ether oxygens (including phenoxy) is 1. The van der Waals surface area contributed by atoms with E-state index in [0.717, 1.165) is 0 Å². The maximum Gasteiger partial charge on any atom is 0.408 e. The number of rotatable bonds is 3. The van der Waals surface area contributed by atoms with Gasteiger partial charge in [0.2, 0.25) is 0 Å². The van der Waals surface area contributed by atoms with E-state index in [1.807, 2.05) is 0 Å². The van der Waals surface area contributed by atoms with Crippen LogP contribution in [-0.4, -0.2) is 18.0 Å². The lowest BCUT2D eigenvalue weighted by molar-refractivity contribution is 0.0507. The van der Waals surface area contributed by atoms with E-state index >= 15 is 0 Å². The molecule has 0 aliphatic heterocycles. The van der Waals surface area contributed by atoms with Crippen molar-refractivity contribution in [2.24, 2.45) is 0 Å². The molecule has 1 aromatic carbocycles. The Balaban J connectivity index is 2.73. The van der Waals surface area contributed by atoms with Gasteiger partial charge >= 0.3 is 6.09 Å². The highest BCUT2D eigenvalue weighted by molar-refractivity contribution is 5.75. The van der Waals surface area contributed by atoms with E-state index < -0.39 is 23.6 Å². The fourth-order valence-corrected chi connectivity index (χ4v) is 1.48. The number of halogens is 1. The third-order valence-electron chi connectivity index (χ3n) is 2.38. The summed E-state index contributed by atoms with van der Waals surface area (Å²) in [6.07, 6.45) is -0.120. The summed E-state index contributed by atoms with van der Waals surface area (Å²) in [6.45, 7) is 6.99. The first kappa shape index (κ1) is 15.1. The molecule has 0 saturated carbocycles. The van der Waals surface area contributed by atoms with Gasteiger partial charge in [-0.25, -0.2) is 9.18 Å². The van der Waals surface area contributed by atoms with Gasteiger partial charge in [0.25, 0.3) is 0 Å². The number of carbonyl (C=O) groups is 2. The Hall–Kier alpha value is -1.91. The lowest BCUT2D eigenvalue weighted by Gasteiger charge is -2.22. The predicted molar refractivity (Wildman–Crippen MR) is 69.6 cm³/mol. The molecule has 1 atom stereocenters. The molecule has 0 bridgehead atoms. The Labute approximate surface area is 112 Å². The van der Waals surface area contributed by atoms with Gasteiger partial charge in [0.15, 0.2) is 6.29 Å². The van der Waals surface area contributed by atoms with Crippen molar-refractivity contribution in [3.63, 3.8) is 0 Å². The molecule has 0 radical (unpaired) electrons. The minimum Gasteiger partial charge on any atom is -0.444 e. The molecule has 0 saturated heterocycles. The summed E-state index contributed by atoms with van der Waals surface area (Å²) in [4.78, 5) is 22.1. The number of carbonyl (C=O) groups excluding carboxylic acids is 2. The zero-order valence-electron chi connectivity index (χ0n) is 11.5. The molecule has 1 rings (SSSR count). The summed E-state index contributed by atoms with van der Waals surface area (Å²) < 4.78 is 18.5. The molecule has 1 N–H and O–H groups in total. The highest BCUT2D eigenvalue weighted by Crippen LogP contribution is 2.17. The zero-order valence-corrected chi connectivity index (χ0v) is 11.5. The van der Waals surface area contributed by atoms with Crippen molar-refractivity contribution < 1.29 is 18.7 Å². The van der Waals surface area contributed by atoms with Crippen LogP contribution in [0.1, 0.15) is 49.7 Å². The maximum absolute atomic E-state index is 13.4. The van der Waals surface area contributed by atoms with Gasteiger partial charge in [0.05, 0.1) is 11.6 Å². The average Bonchev–Trinajstić information content (AvgIpc) is 2.26. The Morgan fingerprint density at radius 1 is 1.42 bits per heavy atom. The Kier molecular flexibility index (Phi) is 4.64. The summed E-state index contributed by atoms with van der Waals surface area (Å²) in [5, 5.41) is 2.60. The van der Waals surface area contributed by atoms with Crippen molar-refractivity contribution in [3.8, 4) is 0 Å². The van der Waals surface area contributed by atoms with Crippen molar-refractivity contribution in [1.82, 2.24) is 5.32 Å². The summed E-state index contributed by atoms with van der Waals surface area (Å²) in [7, 11) is 0. The minimum atomic E-state index is -0.606. The van der Waals surface area contributed by atoms with Gasteiger partial charge in [0, 0.05) is 0 Å². The fourth-order valence-electron chi connectivity index (χ4n) is 1.48. The van der Waals surface area contributed by atoms with Crippen molar-refractivity contribution in [3.05, 3.63) is 35.1 Å². The SMILES string of the molecule is CC(NC(=O)OC(C)(C)C)c1ccc(C=O)c(F)c1. The number of amides is 1. The highest BCUT2D eigenvalue weighted by atomic mass is 19.1. The van der Waals surface area contributed by atoms with E-state index in [0.29, 0.717) is 11.8 Å². The molecule has 19 heavy (non-hydrogen) atoms. The molecule has 0 spiro atoms. The normalized spacial score (nSPS) is 12.7. The molecule has 1 amide bonds. The molecular formula is C14H18FNO3. The number of aldehydes is 1. The van der Waals surface area contributed by atoms with Crippen LogP contribution in [0.4, 0.5) is 9.18 Å². The number of hydrogen-bond donors (Lipinski definition) is 1. The van der Waals surface area contributed by atoms with Crippen LogP contribution in [-0.2, 0) is 4.74 Å². The fraction of sp³-hybridized carbons (Fsp3) is 0.429. The molecule has 0 aliphatic carbocycles. The van der Waals surface area contributed by atoms with Crippen LogP contribution < -0.4 is 5.32 Å². The topological polar surface area (TPSA) is 55.4 Å². The van der Waals surface area contributed by atoms with E-state index in [1.165, 1.54) is 12.1 Å². The number of alkyl carbamates (subject to hydrolysis) is 1. The number of benzene rings is 1. The molecule has 4 nitrogen and oxygen atoms in total. The van der Waals surface area contributed by atoms with E-state index in [4.69, 9.17) is 4.74 Å². The van der Waals surface area contributed by atoms with Gasteiger partial charge in [-0.05, 0) is 45.4 Å². The second kappa shape index (κ2) is 5.82. The second-order valence-electron chi connectivity index (χ2n) is 5.27. The molecule has 0 heterocycles. The van der Waals surface area contributed by atoms with Gasteiger partial charge in [-0.2, -0.15) is 0 Å². The van der Waals surface area contributed by atoms with Crippen molar-refractivity contribution in [2.75, 3.05) is 0 Å². The Bertz CT molecular complexity index is 480. The van der Waals surface area contributed by atoms with Crippen LogP contribution in [0.25, 0.3) is 0 Å². The van der Waals surface area contributed by atoms with Crippen LogP contribution in [0, 0.1) is 5.82 Å². The van der Waals surface area contributed by atoms with Crippen molar-refractivity contribution in [1.29, 1.82) is 0 Å². The molecule has 1 unspecified atom stereocenters. The van der Waals surface area contributed by atoms with Crippen LogP contribution in [0.2, 0.25) is 0 Å². The number of hydrogen-bond acceptors (Lipinski definition) is 3. The first-order valence-electron chi connectivity index (χ1n) is 5.97.